The van der Waals surface area contributed by atoms with Gasteiger partial charge in [-0.25, -0.2) is 36.0 Å². The molecule has 0 radical (unpaired) electrons. The predicted molar refractivity (Wildman–Crippen MR) is 397 cm³/mol. The number of esters is 4. The van der Waals surface area contributed by atoms with E-state index in [1.54, 1.807) is 0 Å². The molecule has 0 saturated heterocycles. The number of ether oxygens (including phenoxy) is 4. The third-order valence-electron chi connectivity index (χ3n) is 17.0. The van der Waals surface area contributed by atoms with Crippen LogP contribution in [-0.4, -0.2) is 114 Å². The van der Waals surface area contributed by atoms with Crippen LogP contribution in [0, 0.1) is 0 Å². The van der Waals surface area contributed by atoms with Crippen LogP contribution >= 0.6 is 0 Å². The molecule has 0 amide bonds. The van der Waals surface area contributed by atoms with Crippen molar-refractivity contribution in [2.24, 2.45) is 0 Å². The largest absolute Gasteiger partial charge is 2.00 e. The number of benzene rings is 2. The van der Waals surface area contributed by atoms with E-state index in [1.165, 1.54) is 204 Å². The number of hydrogen-bond acceptors (Lipinski definition) is 14. The molecule has 0 aromatic heterocycles. The molecule has 2 aromatic carbocycles. The number of rotatable bonds is 62. The SMILES string of the molecule is CCCCCCCCC/C=C/CCCCCOC(=O)c1cccc(S(=O)(=O)[O-])c1C(=O)OCCCCC/C=C/CCCCCCCCC.CCCCCCCCC/C=C/CCCCCOC(=O)c1cccc(S(=O)(=O)[O-])c1C(=O)OCCCCC/C=C/CCCCCCCCC.[Ca+2]. The molecule has 0 bridgehead atoms. The van der Waals surface area contributed by atoms with E-state index in [0.29, 0.717) is 25.7 Å². The van der Waals surface area contributed by atoms with E-state index in [9.17, 15) is 45.1 Å². The predicted octanol–water partition coefficient (Wildman–Crippen LogP) is 22.5. The van der Waals surface area contributed by atoms with Gasteiger partial charge in [-0.3, -0.25) is 0 Å². The van der Waals surface area contributed by atoms with Gasteiger partial charge in [0.2, 0.25) is 0 Å². The van der Waals surface area contributed by atoms with Gasteiger partial charge in [0.15, 0.2) is 0 Å². The van der Waals surface area contributed by atoms with Crippen molar-refractivity contribution in [3.63, 3.8) is 0 Å². The van der Waals surface area contributed by atoms with E-state index in [1.807, 2.05) is 0 Å². The average Bonchev–Trinajstić information content (AvgIpc) is 0.804. The number of allylic oxidation sites excluding steroid dienone is 8. The number of unbranched alkanes of at least 4 members (excludes halogenated alkanes) is 40. The summed E-state index contributed by atoms with van der Waals surface area (Å²) in [7, 11) is -10.0. The van der Waals surface area contributed by atoms with E-state index < -0.39 is 65.0 Å². The zero-order chi connectivity index (χ0) is 70.3. The Hall–Kier alpha value is -3.64. The molecule has 548 valence electrons. The normalized spacial score (nSPS) is 11.8. The van der Waals surface area contributed by atoms with Crippen LogP contribution in [-0.2, 0) is 39.2 Å². The molecule has 2 aromatic rings. The van der Waals surface area contributed by atoms with Gasteiger partial charge in [-0.1, -0.05) is 243 Å². The Bertz CT molecular complexity index is 2470. The summed E-state index contributed by atoms with van der Waals surface area (Å²) in [6.07, 6.45) is 72.4. The van der Waals surface area contributed by atoms with Gasteiger partial charge in [0.05, 0.1) is 58.5 Å². The summed E-state index contributed by atoms with van der Waals surface area (Å²) in [6, 6.07) is 7.16. The Balaban J connectivity index is 0.00000188. The standard InChI is InChI=1S/2C40H66O7S.Ca/c2*1-3-5-7-9-11-13-15-17-19-21-23-25-27-29-34-46-39(41)36-32-31-33-37(48(43,44)45)38(36)40(42)47-35-30-28-26-24-22-20-18-16-14-12-10-8-6-4-2;/h2*19-22,31-33H,3-18,23-30,34-35H2,1-2H3,(H,43,44,45);/q;;+2/p-2/b2*21-19+,22-20+;. The van der Waals surface area contributed by atoms with E-state index >= 15 is 0 Å². The minimum Gasteiger partial charge on any atom is -0.744 e. The smallest absolute Gasteiger partial charge is 0.744 e. The quantitative estimate of drug-likeness (QED) is 0.0150. The van der Waals surface area contributed by atoms with Crippen molar-refractivity contribution < 1.29 is 64.1 Å². The maximum Gasteiger partial charge on any atom is 2.00 e. The molecule has 0 N–H and O–H groups in total. The van der Waals surface area contributed by atoms with Gasteiger partial charge in [-0.15, -0.1) is 0 Å². The van der Waals surface area contributed by atoms with Crippen LogP contribution in [0.4, 0.5) is 0 Å². The minimum absolute atomic E-state index is 0. The van der Waals surface area contributed by atoms with Crippen molar-refractivity contribution >= 4 is 81.9 Å². The summed E-state index contributed by atoms with van der Waals surface area (Å²) in [4.78, 5) is 50.0. The fourth-order valence-electron chi connectivity index (χ4n) is 11.2. The zero-order valence-electron chi connectivity index (χ0n) is 61.1. The Kier molecular flexibility index (Phi) is 63.2. The molecule has 2 rings (SSSR count). The van der Waals surface area contributed by atoms with Gasteiger partial charge in [-0.05, 0) is 178 Å². The Morgan fingerprint density at radius 1 is 0.289 bits per heavy atom. The molecular formula is C80H130CaO14S2. The van der Waals surface area contributed by atoms with E-state index in [0.717, 1.165) is 115 Å². The van der Waals surface area contributed by atoms with Crippen molar-refractivity contribution in [3.05, 3.63) is 107 Å². The van der Waals surface area contributed by atoms with Crippen LogP contribution in [0.3, 0.4) is 0 Å². The van der Waals surface area contributed by atoms with E-state index in [-0.39, 0.29) is 75.3 Å². The summed E-state index contributed by atoms with van der Waals surface area (Å²) in [5, 5.41) is 0. The molecule has 0 unspecified atom stereocenters. The van der Waals surface area contributed by atoms with Crippen LogP contribution in [0.1, 0.15) is 377 Å². The molecule has 0 spiro atoms. The van der Waals surface area contributed by atoms with Crippen LogP contribution in [0.15, 0.2) is 94.8 Å². The Morgan fingerprint density at radius 3 is 0.680 bits per heavy atom. The van der Waals surface area contributed by atoms with Gasteiger partial charge in [0.25, 0.3) is 0 Å². The molecule has 0 fully saturated rings. The molecule has 0 aliphatic carbocycles. The number of carbonyl (C=O) groups excluding carboxylic acids is 4. The van der Waals surface area contributed by atoms with Gasteiger partial charge < -0.3 is 28.1 Å². The summed E-state index contributed by atoms with van der Waals surface area (Å²) >= 11 is 0. The van der Waals surface area contributed by atoms with Crippen molar-refractivity contribution in [2.45, 2.75) is 346 Å². The first-order valence-corrected chi connectivity index (χ1v) is 40.9. The molecule has 0 saturated carbocycles. The van der Waals surface area contributed by atoms with Crippen molar-refractivity contribution in [3.8, 4) is 0 Å². The third-order valence-corrected chi connectivity index (χ3v) is 18.8. The molecule has 0 atom stereocenters. The van der Waals surface area contributed by atoms with Gasteiger partial charge >= 0.3 is 61.6 Å². The fraction of sp³-hybridized carbons (Fsp3) is 0.700. The third kappa shape index (κ3) is 52.1. The second-order valence-electron chi connectivity index (χ2n) is 25.7. The second kappa shape index (κ2) is 65.7. The summed E-state index contributed by atoms with van der Waals surface area (Å²) in [6.45, 7) is 9.34. The van der Waals surface area contributed by atoms with Crippen LogP contribution in [0.5, 0.6) is 0 Å². The topological polar surface area (TPSA) is 220 Å². The van der Waals surface area contributed by atoms with Crippen molar-refractivity contribution in [1.82, 2.24) is 0 Å². The summed E-state index contributed by atoms with van der Waals surface area (Å²) in [5.41, 5.74) is -1.62. The van der Waals surface area contributed by atoms with Crippen molar-refractivity contribution in [1.29, 1.82) is 0 Å². The molecular weight excluding hydrogens is 1290 g/mol. The zero-order valence-corrected chi connectivity index (χ0v) is 64.9. The number of carbonyl (C=O) groups is 4. The summed E-state index contributed by atoms with van der Waals surface area (Å²) in [5.74, 6) is -3.69. The second-order valence-corrected chi connectivity index (χ2v) is 28.4. The molecule has 17 heteroatoms. The maximum absolute atomic E-state index is 12.9. The first-order chi connectivity index (χ1) is 46.6. The number of hydrogen-bond donors (Lipinski definition) is 0. The average molecular weight is 1420 g/mol. The Morgan fingerprint density at radius 2 is 0.474 bits per heavy atom. The molecule has 0 aliphatic rings. The van der Waals surface area contributed by atoms with Crippen LogP contribution in [0.25, 0.3) is 0 Å². The van der Waals surface area contributed by atoms with Crippen LogP contribution in [0.2, 0.25) is 0 Å². The van der Waals surface area contributed by atoms with E-state index in [2.05, 4.69) is 76.3 Å². The molecule has 97 heavy (non-hydrogen) atoms. The van der Waals surface area contributed by atoms with Crippen molar-refractivity contribution in [2.75, 3.05) is 26.4 Å². The monoisotopic (exact) mass is 1420 g/mol. The molecule has 14 nitrogen and oxygen atoms in total. The minimum atomic E-state index is -5.02. The fourth-order valence-corrected chi connectivity index (χ4v) is 12.6. The first-order valence-electron chi connectivity index (χ1n) is 38.1. The molecule has 0 aliphatic heterocycles. The van der Waals surface area contributed by atoms with Gasteiger partial charge in [0.1, 0.15) is 20.2 Å². The van der Waals surface area contributed by atoms with Crippen LogP contribution < -0.4 is 0 Å². The maximum atomic E-state index is 12.9. The summed E-state index contributed by atoms with van der Waals surface area (Å²) < 4.78 is 92.9. The van der Waals surface area contributed by atoms with Gasteiger partial charge in [-0.2, -0.15) is 0 Å². The Labute approximate surface area is 620 Å². The first kappa shape index (κ1) is 93.4. The molecule has 0 heterocycles. The van der Waals surface area contributed by atoms with E-state index in [4.69, 9.17) is 18.9 Å². The van der Waals surface area contributed by atoms with Gasteiger partial charge in [0, 0.05) is 0 Å².